The molecule has 0 aliphatic heterocycles. The minimum atomic E-state index is -0.541. The molecule has 0 bridgehead atoms. The molecule has 4 nitrogen and oxygen atoms in total. The van der Waals surface area contributed by atoms with Crippen LogP contribution in [0.5, 0.6) is 0 Å². The standard InChI is InChI=1S/C10H10N2O2/c1-7-8-5-3-4-6-9(8)11(2)10(13)12(7)14/h3-6H,1-2H3. The Morgan fingerprint density at radius 2 is 2.00 bits per heavy atom. The number of nitrogens with zero attached hydrogens (tertiary/aromatic N) is 2. The van der Waals surface area contributed by atoms with Crippen LogP contribution in [0.15, 0.2) is 29.1 Å². The molecule has 1 aromatic heterocycles. The van der Waals surface area contributed by atoms with Crippen LogP contribution in [-0.2, 0) is 7.05 Å². The number of rotatable bonds is 0. The first-order chi connectivity index (χ1) is 6.63. The van der Waals surface area contributed by atoms with Gasteiger partial charge in [0.15, 0.2) is 0 Å². The molecule has 0 amide bonds. The van der Waals surface area contributed by atoms with E-state index in [1.54, 1.807) is 14.0 Å². The lowest BCUT2D eigenvalue weighted by molar-refractivity contribution is -0.631. The van der Waals surface area contributed by atoms with Crippen LogP contribution in [0, 0.1) is 12.1 Å². The molecule has 0 saturated carbocycles. The summed E-state index contributed by atoms with van der Waals surface area (Å²) in [7, 11) is 1.60. The number of hydrogen-bond acceptors (Lipinski definition) is 2. The van der Waals surface area contributed by atoms with E-state index in [0.29, 0.717) is 10.4 Å². The van der Waals surface area contributed by atoms with Gasteiger partial charge >= 0.3 is 5.69 Å². The zero-order valence-electron chi connectivity index (χ0n) is 8.02. The van der Waals surface area contributed by atoms with Gasteiger partial charge in [0.25, 0.3) is 0 Å². The number of hydrogen-bond donors (Lipinski definition) is 0. The number of fused-ring (bicyclic) bond motifs is 1. The SMILES string of the molecule is Cc1c2ccccc2n(C)c(=O)[n+]1[O-]. The van der Waals surface area contributed by atoms with Gasteiger partial charge in [0.2, 0.25) is 0 Å². The highest BCUT2D eigenvalue weighted by Gasteiger charge is 2.12. The monoisotopic (exact) mass is 190 g/mol. The van der Waals surface area contributed by atoms with Crippen molar-refractivity contribution in [2.24, 2.45) is 7.05 Å². The molecule has 14 heavy (non-hydrogen) atoms. The summed E-state index contributed by atoms with van der Waals surface area (Å²) in [6, 6.07) is 7.35. The van der Waals surface area contributed by atoms with Crippen molar-refractivity contribution in [3.63, 3.8) is 0 Å². The van der Waals surface area contributed by atoms with E-state index < -0.39 is 5.69 Å². The highest BCUT2D eigenvalue weighted by molar-refractivity contribution is 5.79. The lowest BCUT2D eigenvalue weighted by atomic mass is 10.2. The van der Waals surface area contributed by atoms with E-state index in [1.807, 2.05) is 24.3 Å². The minimum Gasteiger partial charge on any atom is -0.708 e. The van der Waals surface area contributed by atoms with Gasteiger partial charge in [0.05, 0.1) is 12.4 Å². The largest absolute Gasteiger partial charge is 0.708 e. The van der Waals surface area contributed by atoms with Gasteiger partial charge in [-0.05, 0) is 19.1 Å². The van der Waals surface area contributed by atoms with E-state index in [4.69, 9.17) is 0 Å². The third-order valence-electron chi connectivity index (χ3n) is 2.42. The van der Waals surface area contributed by atoms with E-state index in [1.165, 1.54) is 4.57 Å². The van der Waals surface area contributed by atoms with Gasteiger partial charge in [-0.2, -0.15) is 14.1 Å². The Morgan fingerprint density at radius 1 is 1.36 bits per heavy atom. The zero-order chi connectivity index (χ0) is 10.3. The lowest BCUT2D eigenvalue weighted by Gasteiger charge is -2.08. The van der Waals surface area contributed by atoms with E-state index >= 15 is 0 Å². The van der Waals surface area contributed by atoms with Crippen LogP contribution in [0.4, 0.5) is 0 Å². The molecular formula is C10H10N2O2. The molecule has 0 fully saturated rings. The first kappa shape index (κ1) is 8.74. The molecule has 0 aliphatic rings. The maximum Gasteiger partial charge on any atom is 0.501 e. The number of benzene rings is 1. The van der Waals surface area contributed by atoms with Crippen LogP contribution in [0.2, 0.25) is 0 Å². The molecule has 0 atom stereocenters. The molecule has 0 aliphatic carbocycles. The van der Waals surface area contributed by atoms with Crippen LogP contribution in [-0.4, -0.2) is 4.57 Å². The maximum absolute atomic E-state index is 11.4. The lowest BCUT2D eigenvalue weighted by Crippen LogP contribution is -2.51. The second-order valence-electron chi connectivity index (χ2n) is 3.24. The molecule has 0 N–H and O–H groups in total. The van der Waals surface area contributed by atoms with E-state index in [9.17, 15) is 10.0 Å². The van der Waals surface area contributed by atoms with Crippen molar-refractivity contribution >= 4 is 10.9 Å². The summed E-state index contributed by atoms with van der Waals surface area (Å²) in [6.07, 6.45) is 0. The predicted molar refractivity (Wildman–Crippen MR) is 52.9 cm³/mol. The normalized spacial score (nSPS) is 10.7. The summed E-state index contributed by atoms with van der Waals surface area (Å²) in [5.74, 6) is 0. The predicted octanol–water partition coefficient (Wildman–Crippen LogP) is 0.480. The summed E-state index contributed by atoms with van der Waals surface area (Å²) in [4.78, 5) is 11.4. The Hall–Kier alpha value is -1.84. The molecule has 0 radical (unpaired) electrons. The topological polar surface area (TPSA) is 48.9 Å². The van der Waals surface area contributed by atoms with Crippen molar-refractivity contribution in [1.29, 1.82) is 0 Å². The molecule has 1 aromatic carbocycles. The summed E-state index contributed by atoms with van der Waals surface area (Å²) in [6.45, 7) is 1.65. The molecule has 2 aromatic rings. The second-order valence-corrected chi connectivity index (χ2v) is 3.24. The Labute approximate surface area is 80.6 Å². The van der Waals surface area contributed by atoms with Crippen LogP contribution in [0.3, 0.4) is 0 Å². The van der Waals surface area contributed by atoms with E-state index in [-0.39, 0.29) is 0 Å². The van der Waals surface area contributed by atoms with Crippen LogP contribution < -0.4 is 10.4 Å². The first-order valence-corrected chi connectivity index (χ1v) is 4.31. The van der Waals surface area contributed by atoms with Crippen molar-refractivity contribution in [1.82, 2.24) is 4.57 Å². The van der Waals surface area contributed by atoms with Gasteiger partial charge in [-0.15, -0.1) is 0 Å². The molecule has 0 saturated heterocycles. The smallest absolute Gasteiger partial charge is 0.501 e. The molecule has 72 valence electrons. The van der Waals surface area contributed by atoms with Crippen molar-refractivity contribution in [2.75, 3.05) is 0 Å². The fourth-order valence-corrected chi connectivity index (χ4v) is 1.56. The Morgan fingerprint density at radius 3 is 2.71 bits per heavy atom. The quantitative estimate of drug-likeness (QED) is 0.448. The minimum absolute atomic E-state index is 0.419. The first-order valence-electron chi connectivity index (χ1n) is 4.31. The average Bonchev–Trinajstić information content (AvgIpc) is 2.23. The Kier molecular flexibility index (Phi) is 1.77. The summed E-state index contributed by atoms with van der Waals surface area (Å²) >= 11 is 0. The van der Waals surface area contributed by atoms with Crippen molar-refractivity contribution in [3.05, 3.63) is 45.7 Å². The van der Waals surface area contributed by atoms with Crippen molar-refractivity contribution < 1.29 is 4.73 Å². The molecule has 4 heteroatoms. The fourth-order valence-electron chi connectivity index (χ4n) is 1.56. The second kappa shape index (κ2) is 2.83. The molecular weight excluding hydrogens is 180 g/mol. The van der Waals surface area contributed by atoms with Gasteiger partial charge in [-0.3, -0.25) is 0 Å². The van der Waals surface area contributed by atoms with Gasteiger partial charge in [0.1, 0.15) is 11.2 Å². The maximum atomic E-state index is 11.4. The van der Waals surface area contributed by atoms with Gasteiger partial charge in [-0.1, -0.05) is 12.1 Å². The van der Waals surface area contributed by atoms with Crippen molar-refractivity contribution in [3.8, 4) is 0 Å². The zero-order valence-corrected chi connectivity index (χ0v) is 8.02. The third-order valence-corrected chi connectivity index (χ3v) is 2.42. The van der Waals surface area contributed by atoms with Gasteiger partial charge < -0.3 is 5.21 Å². The highest BCUT2D eigenvalue weighted by atomic mass is 16.5. The van der Waals surface area contributed by atoms with E-state index in [2.05, 4.69) is 0 Å². The average molecular weight is 190 g/mol. The molecule has 2 rings (SSSR count). The van der Waals surface area contributed by atoms with Gasteiger partial charge in [-0.25, -0.2) is 0 Å². The summed E-state index contributed by atoms with van der Waals surface area (Å²) in [5.41, 5.74) is 0.687. The van der Waals surface area contributed by atoms with E-state index in [0.717, 1.165) is 10.9 Å². The molecule has 0 unspecified atom stereocenters. The van der Waals surface area contributed by atoms with Gasteiger partial charge in [0, 0.05) is 0 Å². The summed E-state index contributed by atoms with van der Waals surface area (Å²) in [5, 5.41) is 12.2. The number of aromatic nitrogens is 2. The summed E-state index contributed by atoms with van der Waals surface area (Å²) < 4.78 is 1.78. The molecule has 1 heterocycles. The van der Waals surface area contributed by atoms with Crippen LogP contribution in [0.25, 0.3) is 10.9 Å². The highest BCUT2D eigenvalue weighted by Crippen LogP contribution is 2.11. The van der Waals surface area contributed by atoms with Crippen LogP contribution in [0.1, 0.15) is 5.69 Å². The van der Waals surface area contributed by atoms with Crippen molar-refractivity contribution in [2.45, 2.75) is 6.92 Å². The number of aryl methyl sites for hydroxylation is 2. The fraction of sp³-hybridized carbons (Fsp3) is 0.200. The molecule has 0 spiro atoms. The Bertz CT molecular complexity index is 558. The number of para-hydroxylation sites is 1. The Balaban J connectivity index is 3.10. The van der Waals surface area contributed by atoms with Crippen LogP contribution >= 0.6 is 0 Å². The third kappa shape index (κ3) is 1.00.